The molecule has 2 aromatic rings. The summed E-state index contributed by atoms with van der Waals surface area (Å²) >= 11 is 0. The quantitative estimate of drug-likeness (QED) is 0.720. The van der Waals surface area contributed by atoms with E-state index in [9.17, 15) is 17.6 Å². The molecule has 0 radical (unpaired) electrons. The van der Waals surface area contributed by atoms with E-state index in [-0.39, 0.29) is 0 Å². The Morgan fingerprint density at radius 3 is 2.37 bits per heavy atom. The summed E-state index contributed by atoms with van der Waals surface area (Å²) in [4.78, 5) is 8.54. The number of benzene rings is 1. The molecule has 1 saturated carbocycles. The highest BCUT2D eigenvalue weighted by atomic mass is 19.4. The molecule has 146 valence electrons. The standard InChI is InChI=1S/C19H21F4N3O/c1-12-2-5-15(6-3-12)26-18-24-9-14(10-25-18)13-4-7-16(20)17(8-13)27-11-19(21,22)23/h4,7-10,12,15H,2-3,5-6,11H2,1H3,(H,24,25,26)/t12-,15-. The molecule has 3 rings (SSSR count). The number of hydrogen-bond donors (Lipinski definition) is 1. The second-order valence-corrected chi connectivity index (χ2v) is 6.95. The summed E-state index contributed by atoms with van der Waals surface area (Å²) in [6, 6.07) is 4.08. The Morgan fingerprint density at radius 2 is 1.74 bits per heavy atom. The van der Waals surface area contributed by atoms with Gasteiger partial charge in [0.2, 0.25) is 5.95 Å². The molecule has 0 saturated heterocycles. The Labute approximate surface area is 155 Å². The van der Waals surface area contributed by atoms with Crippen LogP contribution in [0, 0.1) is 11.7 Å². The van der Waals surface area contributed by atoms with E-state index < -0.39 is 24.3 Å². The topological polar surface area (TPSA) is 47.0 Å². The van der Waals surface area contributed by atoms with Crippen molar-refractivity contribution in [3.05, 3.63) is 36.4 Å². The maximum atomic E-state index is 13.7. The van der Waals surface area contributed by atoms with Gasteiger partial charge in [-0.2, -0.15) is 13.2 Å². The molecule has 1 fully saturated rings. The average Bonchev–Trinajstić information content (AvgIpc) is 2.63. The maximum absolute atomic E-state index is 13.7. The van der Waals surface area contributed by atoms with Crippen molar-refractivity contribution in [2.45, 2.75) is 44.8 Å². The minimum atomic E-state index is -4.53. The maximum Gasteiger partial charge on any atom is 0.422 e. The largest absolute Gasteiger partial charge is 0.481 e. The van der Waals surface area contributed by atoms with Crippen LogP contribution in [0.5, 0.6) is 5.75 Å². The Kier molecular flexibility index (Phi) is 5.82. The third-order valence-electron chi connectivity index (χ3n) is 4.66. The smallest absolute Gasteiger partial charge is 0.422 e. The van der Waals surface area contributed by atoms with Crippen molar-refractivity contribution in [3.8, 4) is 16.9 Å². The van der Waals surface area contributed by atoms with Crippen LogP contribution >= 0.6 is 0 Å². The number of alkyl halides is 3. The summed E-state index contributed by atoms with van der Waals surface area (Å²) in [7, 11) is 0. The van der Waals surface area contributed by atoms with Gasteiger partial charge in [0.25, 0.3) is 0 Å². The van der Waals surface area contributed by atoms with Crippen molar-refractivity contribution in [1.29, 1.82) is 0 Å². The van der Waals surface area contributed by atoms with Crippen LogP contribution in [-0.2, 0) is 0 Å². The van der Waals surface area contributed by atoms with E-state index in [1.165, 1.54) is 25.0 Å². The monoisotopic (exact) mass is 383 g/mol. The van der Waals surface area contributed by atoms with E-state index in [4.69, 9.17) is 0 Å². The molecular formula is C19H21F4N3O. The summed E-state index contributed by atoms with van der Waals surface area (Å²) in [6.45, 7) is 0.698. The zero-order chi connectivity index (χ0) is 19.4. The molecule has 27 heavy (non-hydrogen) atoms. The molecular weight excluding hydrogens is 362 g/mol. The van der Waals surface area contributed by atoms with Gasteiger partial charge < -0.3 is 10.1 Å². The van der Waals surface area contributed by atoms with Crippen molar-refractivity contribution < 1.29 is 22.3 Å². The van der Waals surface area contributed by atoms with E-state index in [0.29, 0.717) is 23.1 Å². The minimum Gasteiger partial charge on any atom is -0.481 e. The third-order valence-corrected chi connectivity index (χ3v) is 4.66. The van der Waals surface area contributed by atoms with Gasteiger partial charge >= 0.3 is 6.18 Å². The SMILES string of the molecule is C[C@H]1CC[C@H](Nc2ncc(-c3ccc(F)c(OCC(F)(F)F)c3)cn2)CC1. The van der Waals surface area contributed by atoms with Gasteiger partial charge in [0.15, 0.2) is 18.2 Å². The van der Waals surface area contributed by atoms with Crippen molar-refractivity contribution in [3.63, 3.8) is 0 Å². The molecule has 0 unspecified atom stereocenters. The van der Waals surface area contributed by atoms with E-state index in [1.807, 2.05) is 0 Å². The second-order valence-electron chi connectivity index (χ2n) is 6.95. The lowest BCUT2D eigenvalue weighted by atomic mass is 9.87. The van der Waals surface area contributed by atoms with Crippen LogP contribution in [0.15, 0.2) is 30.6 Å². The summed E-state index contributed by atoms with van der Waals surface area (Å²) in [5.74, 6) is -0.0513. The number of ether oxygens (including phenoxy) is 1. The fourth-order valence-electron chi connectivity index (χ4n) is 3.09. The lowest BCUT2D eigenvalue weighted by Gasteiger charge is -2.26. The van der Waals surface area contributed by atoms with Crippen LogP contribution in [0.3, 0.4) is 0 Å². The average molecular weight is 383 g/mol. The van der Waals surface area contributed by atoms with Gasteiger partial charge in [-0.05, 0) is 49.3 Å². The fourth-order valence-corrected chi connectivity index (χ4v) is 3.09. The number of aromatic nitrogens is 2. The molecule has 4 nitrogen and oxygen atoms in total. The molecule has 1 heterocycles. The molecule has 0 atom stereocenters. The van der Waals surface area contributed by atoms with Crippen molar-refractivity contribution in [1.82, 2.24) is 9.97 Å². The van der Waals surface area contributed by atoms with Gasteiger partial charge in [-0.15, -0.1) is 0 Å². The Bertz CT molecular complexity index is 757. The molecule has 1 aliphatic carbocycles. The molecule has 0 bridgehead atoms. The van der Waals surface area contributed by atoms with E-state index in [1.54, 1.807) is 12.4 Å². The number of hydrogen-bond acceptors (Lipinski definition) is 4. The van der Waals surface area contributed by atoms with Crippen LogP contribution in [0.2, 0.25) is 0 Å². The number of nitrogens with zero attached hydrogens (tertiary/aromatic N) is 2. The number of anilines is 1. The second kappa shape index (κ2) is 8.10. The van der Waals surface area contributed by atoms with Gasteiger partial charge in [-0.3, -0.25) is 0 Å². The number of rotatable bonds is 5. The van der Waals surface area contributed by atoms with Gasteiger partial charge in [-0.1, -0.05) is 13.0 Å². The summed E-state index contributed by atoms with van der Waals surface area (Å²) < 4.78 is 55.1. The van der Waals surface area contributed by atoms with Crippen LogP contribution in [0.25, 0.3) is 11.1 Å². The zero-order valence-electron chi connectivity index (χ0n) is 14.9. The first-order valence-corrected chi connectivity index (χ1v) is 8.88. The Morgan fingerprint density at radius 1 is 1.07 bits per heavy atom. The minimum absolute atomic E-state index is 0.347. The molecule has 1 aliphatic rings. The number of halogens is 4. The highest BCUT2D eigenvalue weighted by molar-refractivity contribution is 5.64. The highest BCUT2D eigenvalue weighted by Gasteiger charge is 2.29. The zero-order valence-corrected chi connectivity index (χ0v) is 14.9. The van der Waals surface area contributed by atoms with E-state index in [2.05, 4.69) is 26.9 Å². The first-order valence-electron chi connectivity index (χ1n) is 8.88. The fraction of sp³-hybridized carbons (Fsp3) is 0.474. The summed E-state index contributed by atoms with van der Waals surface area (Å²) in [5.41, 5.74) is 1.04. The van der Waals surface area contributed by atoms with Crippen molar-refractivity contribution in [2.24, 2.45) is 5.92 Å². The van der Waals surface area contributed by atoms with Gasteiger partial charge in [0, 0.05) is 24.0 Å². The number of nitrogens with one attached hydrogen (secondary N) is 1. The van der Waals surface area contributed by atoms with Gasteiger partial charge in [0.1, 0.15) is 0 Å². The molecule has 0 aliphatic heterocycles. The molecule has 1 aromatic heterocycles. The van der Waals surface area contributed by atoms with Crippen LogP contribution in [-0.4, -0.2) is 28.8 Å². The Balaban J connectivity index is 1.67. The van der Waals surface area contributed by atoms with Crippen LogP contribution in [0.4, 0.5) is 23.5 Å². The highest BCUT2D eigenvalue weighted by Crippen LogP contribution is 2.28. The summed E-state index contributed by atoms with van der Waals surface area (Å²) in [5, 5.41) is 3.31. The van der Waals surface area contributed by atoms with E-state index in [0.717, 1.165) is 24.8 Å². The van der Waals surface area contributed by atoms with Crippen molar-refractivity contribution in [2.75, 3.05) is 11.9 Å². The lowest BCUT2D eigenvalue weighted by Crippen LogP contribution is -2.26. The van der Waals surface area contributed by atoms with E-state index >= 15 is 0 Å². The Hall–Kier alpha value is -2.38. The third kappa shape index (κ3) is 5.55. The van der Waals surface area contributed by atoms with Gasteiger partial charge in [-0.25, -0.2) is 14.4 Å². The molecule has 1 aromatic carbocycles. The predicted octanol–water partition coefficient (Wildman–Crippen LogP) is 5.21. The normalized spacial score (nSPS) is 20.3. The first-order chi connectivity index (χ1) is 12.8. The molecule has 0 spiro atoms. The van der Waals surface area contributed by atoms with Crippen molar-refractivity contribution >= 4 is 5.95 Å². The molecule has 0 amide bonds. The first kappa shape index (κ1) is 19.4. The van der Waals surface area contributed by atoms with Gasteiger partial charge in [0.05, 0.1) is 0 Å². The molecule has 1 N–H and O–H groups in total. The van der Waals surface area contributed by atoms with Crippen LogP contribution in [0.1, 0.15) is 32.6 Å². The molecule has 8 heteroatoms. The lowest BCUT2D eigenvalue weighted by molar-refractivity contribution is -0.153. The summed E-state index contributed by atoms with van der Waals surface area (Å²) in [6.07, 6.45) is 3.07. The van der Waals surface area contributed by atoms with Crippen LogP contribution < -0.4 is 10.1 Å². The predicted molar refractivity (Wildman–Crippen MR) is 94.0 cm³/mol.